The van der Waals surface area contributed by atoms with E-state index in [2.05, 4.69) is 89.3 Å². The molecule has 0 amide bonds. The number of aryl methyl sites for hydroxylation is 1. The highest BCUT2D eigenvalue weighted by Crippen LogP contribution is 2.31. The van der Waals surface area contributed by atoms with Gasteiger partial charge in [-0.15, -0.1) is 10.2 Å². The fourth-order valence-electron chi connectivity index (χ4n) is 5.69. The van der Waals surface area contributed by atoms with Gasteiger partial charge in [-0.25, -0.2) is 0 Å². The summed E-state index contributed by atoms with van der Waals surface area (Å²) in [6.07, 6.45) is 6.64. The minimum Gasteiger partial charge on any atom is -0.339 e. The molecule has 2 aromatic carbocycles. The van der Waals surface area contributed by atoms with E-state index in [-0.39, 0.29) is 6.04 Å². The van der Waals surface area contributed by atoms with Gasteiger partial charge in [0.2, 0.25) is 11.7 Å². The van der Waals surface area contributed by atoms with E-state index in [0.29, 0.717) is 17.8 Å². The zero-order valence-corrected chi connectivity index (χ0v) is 20.8. The molecule has 2 aliphatic rings. The maximum atomic E-state index is 5.15. The van der Waals surface area contributed by atoms with Crippen molar-refractivity contribution in [2.45, 2.75) is 51.2 Å². The maximum Gasteiger partial charge on any atom is 0.223 e. The van der Waals surface area contributed by atoms with Gasteiger partial charge < -0.3 is 9.09 Å². The number of likely N-dealkylation sites (tertiary alicyclic amines) is 2. The number of hydrogen-bond donors (Lipinski definition) is 0. The molecule has 0 spiro atoms. The zero-order valence-electron chi connectivity index (χ0n) is 20.8. The molecule has 2 saturated heterocycles. The van der Waals surface area contributed by atoms with Gasteiger partial charge in [-0.05, 0) is 49.9 Å². The van der Waals surface area contributed by atoms with Crippen molar-refractivity contribution in [3.8, 4) is 11.4 Å². The second kappa shape index (κ2) is 10.3. The normalized spacial score (nSPS) is 19.8. The molecule has 1 unspecified atom stereocenters. The third-order valence-electron chi connectivity index (χ3n) is 7.60. The molecule has 2 aliphatic heterocycles. The smallest absolute Gasteiger partial charge is 0.223 e. The summed E-state index contributed by atoms with van der Waals surface area (Å²) in [5.74, 6) is 2.25. The molecule has 0 aliphatic carbocycles. The number of benzene rings is 2. The Balaban J connectivity index is 1.26. The number of hydrogen-bond acceptors (Lipinski definition) is 7. The van der Waals surface area contributed by atoms with Crippen LogP contribution in [-0.4, -0.2) is 66.9 Å². The molecular formula is C28H33N7O. The molecule has 0 radical (unpaired) electrons. The van der Waals surface area contributed by atoms with Crippen LogP contribution < -0.4 is 0 Å². The average molecular weight is 484 g/mol. The van der Waals surface area contributed by atoms with Crippen LogP contribution in [0.5, 0.6) is 0 Å². The quantitative estimate of drug-likeness (QED) is 0.373. The Bertz CT molecular complexity index is 1260. The van der Waals surface area contributed by atoms with Crippen molar-refractivity contribution in [3.05, 3.63) is 83.8 Å². The lowest BCUT2D eigenvalue weighted by molar-refractivity contribution is 0.191. The van der Waals surface area contributed by atoms with Crippen molar-refractivity contribution < 1.29 is 4.52 Å². The third kappa shape index (κ3) is 4.96. The van der Waals surface area contributed by atoms with E-state index in [1.807, 2.05) is 13.3 Å². The molecule has 2 aromatic heterocycles. The second-order valence-corrected chi connectivity index (χ2v) is 10.0. The molecule has 4 heterocycles. The first-order valence-electron chi connectivity index (χ1n) is 13.0. The highest BCUT2D eigenvalue weighted by molar-refractivity contribution is 5.54. The molecule has 36 heavy (non-hydrogen) atoms. The molecule has 8 nitrogen and oxygen atoms in total. The Labute approximate surface area is 212 Å². The summed E-state index contributed by atoms with van der Waals surface area (Å²) in [6.45, 7) is 7.24. The van der Waals surface area contributed by atoms with Gasteiger partial charge in [0.1, 0.15) is 6.33 Å². The van der Waals surface area contributed by atoms with E-state index in [4.69, 9.17) is 4.52 Å². The third-order valence-corrected chi connectivity index (χ3v) is 7.60. The van der Waals surface area contributed by atoms with Crippen LogP contribution in [0, 0.1) is 6.92 Å². The van der Waals surface area contributed by atoms with Crippen molar-refractivity contribution in [2.75, 3.05) is 26.2 Å². The highest BCUT2D eigenvalue weighted by Gasteiger charge is 2.35. The topological polar surface area (TPSA) is 76.1 Å². The monoisotopic (exact) mass is 483 g/mol. The van der Waals surface area contributed by atoms with Gasteiger partial charge in [0.15, 0.2) is 5.82 Å². The largest absolute Gasteiger partial charge is 0.339 e. The Morgan fingerprint density at radius 1 is 0.972 bits per heavy atom. The summed E-state index contributed by atoms with van der Waals surface area (Å²) < 4.78 is 7.38. The van der Waals surface area contributed by atoms with Gasteiger partial charge in [0.25, 0.3) is 0 Å². The maximum absolute atomic E-state index is 5.15. The summed E-state index contributed by atoms with van der Waals surface area (Å²) in [5, 5.41) is 13.1. The van der Waals surface area contributed by atoms with E-state index in [9.17, 15) is 0 Å². The van der Waals surface area contributed by atoms with Gasteiger partial charge in [0.05, 0.1) is 12.6 Å². The van der Waals surface area contributed by atoms with Crippen molar-refractivity contribution in [1.29, 1.82) is 0 Å². The summed E-state index contributed by atoms with van der Waals surface area (Å²) in [5.41, 5.74) is 3.49. The van der Waals surface area contributed by atoms with Crippen LogP contribution in [-0.2, 0) is 13.0 Å². The van der Waals surface area contributed by atoms with Crippen molar-refractivity contribution in [3.63, 3.8) is 0 Å². The standard InChI is InChI=1S/C28H33N7O/c1-21-30-27(32-36-21)24-11-9-22(10-12-24)17-26(34-16-13-25(19-34)33-14-5-6-15-33)28-31-29-20-35(28)18-23-7-3-2-4-8-23/h2-4,7-12,20,25-26H,5-6,13-19H2,1H3/t25-,26?/m0/s1. The van der Waals surface area contributed by atoms with Crippen LogP contribution in [0.1, 0.15) is 48.1 Å². The molecule has 0 bridgehead atoms. The van der Waals surface area contributed by atoms with Gasteiger partial charge in [-0.2, -0.15) is 4.98 Å². The Morgan fingerprint density at radius 2 is 1.78 bits per heavy atom. The molecule has 8 heteroatoms. The SMILES string of the molecule is Cc1nc(-c2ccc(CC(c3nncn3Cc3ccccc3)N3CC[C@H](N4CCCC4)C3)cc2)no1. The fourth-order valence-corrected chi connectivity index (χ4v) is 5.69. The second-order valence-electron chi connectivity index (χ2n) is 10.0. The lowest BCUT2D eigenvalue weighted by atomic mass is 10.0. The Kier molecular flexibility index (Phi) is 6.61. The first kappa shape index (κ1) is 23.1. The molecule has 2 fully saturated rings. The van der Waals surface area contributed by atoms with Crippen molar-refractivity contribution >= 4 is 0 Å². The van der Waals surface area contributed by atoms with Gasteiger partial charge >= 0.3 is 0 Å². The lowest BCUT2D eigenvalue weighted by Gasteiger charge is -2.29. The van der Waals surface area contributed by atoms with E-state index >= 15 is 0 Å². The molecule has 0 N–H and O–H groups in total. The molecule has 2 atom stereocenters. The highest BCUT2D eigenvalue weighted by atomic mass is 16.5. The van der Waals surface area contributed by atoms with Crippen molar-refractivity contribution in [2.24, 2.45) is 0 Å². The van der Waals surface area contributed by atoms with Crippen molar-refractivity contribution in [1.82, 2.24) is 34.7 Å². The molecular weight excluding hydrogens is 450 g/mol. The lowest BCUT2D eigenvalue weighted by Crippen LogP contribution is -2.37. The first-order valence-corrected chi connectivity index (χ1v) is 13.0. The van der Waals surface area contributed by atoms with Gasteiger partial charge in [0, 0.05) is 31.6 Å². The van der Waals surface area contributed by atoms with E-state index in [0.717, 1.165) is 37.4 Å². The number of rotatable bonds is 8. The minimum atomic E-state index is 0.169. The van der Waals surface area contributed by atoms with Crippen LogP contribution in [0.15, 0.2) is 65.4 Å². The molecule has 4 aromatic rings. The van der Waals surface area contributed by atoms with Crippen LogP contribution in [0.4, 0.5) is 0 Å². The molecule has 186 valence electrons. The number of nitrogens with zero attached hydrogens (tertiary/aromatic N) is 7. The van der Waals surface area contributed by atoms with E-state index < -0.39 is 0 Å². The van der Waals surface area contributed by atoms with Crippen LogP contribution in [0.3, 0.4) is 0 Å². The van der Waals surface area contributed by atoms with E-state index in [1.165, 1.54) is 43.5 Å². The van der Waals surface area contributed by atoms with Crippen LogP contribution >= 0.6 is 0 Å². The summed E-state index contributed by atoms with van der Waals surface area (Å²) >= 11 is 0. The molecule has 6 rings (SSSR count). The first-order chi connectivity index (χ1) is 17.7. The zero-order chi connectivity index (χ0) is 24.3. The number of aromatic nitrogens is 5. The fraction of sp³-hybridized carbons (Fsp3) is 0.429. The Hall–Kier alpha value is -3.36. The minimum absolute atomic E-state index is 0.169. The van der Waals surface area contributed by atoms with Gasteiger partial charge in [-0.1, -0.05) is 59.8 Å². The average Bonchev–Trinajstić information content (AvgIpc) is 3.72. The summed E-state index contributed by atoms with van der Waals surface area (Å²) in [7, 11) is 0. The summed E-state index contributed by atoms with van der Waals surface area (Å²) in [4.78, 5) is 9.68. The molecule has 0 saturated carbocycles. The van der Waals surface area contributed by atoms with Crippen LogP contribution in [0.25, 0.3) is 11.4 Å². The predicted octanol–water partition coefficient (Wildman–Crippen LogP) is 4.14. The Morgan fingerprint density at radius 3 is 2.53 bits per heavy atom. The summed E-state index contributed by atoms with van der Waals surface area (Å²) in [6, 6.07) is 19.9. The predicted molar refractivity (Wildman–Crippen MR) is 137 cm³/mol. The van der Waals surface area contributed by atoms with Crippen LogP contribution in [0.2, 0.25) is 0 Å². The van der Waals surface area contributed by atoms with Gasteiger partial charge in [-0.3, -0.25) is 9.80 Å². The van der Waals surface area contributed by atoms with E-state index in [1.54, 1.807) is 0 Å².